The van der Waals surface area contributed by atoms with Gasteiger partial charge in [0.2, 0.25) is 0 Å². The minimum absolute atomic E-state index is 0.698. The van der Waals surface area contributed by atoms with Gasteiger partial charge in [-0.15, -0.1) is 0 Å². The van der Waals surface area contributed by atoms with E-state index in [2.05, 4.69) is 100 Å². The summed E-state index contributed by atoms with van der Waals surface area (Å²) in [5.41, 5.74) is 10.9. The first-order valence-corrected chi connectivity index (χ1v) is 13.6. The van der Waals surface area contributed by atoms with Gasteiger partial charge in [-0.25, -0.2) is 4.98 Å². The molecular formula is C33H35N5. The van der Waals surface area contributed by atoms with E-state index in [1.807, 2.05) is 18.3 Å². The van der Waals surface area contributed by atoms with Gasteiger partial charge in [0.25, 0.3) is 0 Å². The van der Waals surface area contributed by atoms with E-state index in [-0.39, 0.29) is 0 Å². The average Bonchev–Trinajstić information content (AvgIpc) is 3.29. The molecule has 1 saturated heterocycles. The van der Waals surface area contributed by atoms with Crippen LogP contribution in [0.25, 0.3) is 22.2 Å². The van der Waals surface area contributed by atoms with Crippen LogP contribution >= 0.6 is 0 Å². The molecule has 0 saturated carbocycles. The summed E-state index contributed by atoms with van der Waals surface area (Å²) in [6.07, 6.45) is 2.56. The zero-order valence-corrected chi connectivity index (χ0v) is 22.3. The highest BCUT2D eigenvalue weighted by atomic mass is 15.2. The molecule has 0 aliphatic carbocycles. The average molecular weight is 502 g/mol. The predicted octanol–water partition coefficient (Wildman–Crippen LogP) is 5.76. The number of hydrogen-bond acceptors (Lipinski definition) is 4. The molecule has 0 bridgehead atoms. The van der Waals surface area contributed by atoms with Crippen molar-refractivity contribution in [1.29, 1.82) is 0 Å². The molecule has 0 atom stereocenters. The summed E-state index contributed by atoms with van der Waals surface area (Å²) >= 11 is 0. The molecule has 192 valence electrons. The lowest BCUT2D eigenvalue weighted by atomic mass is 10.0. The second-order valence-corrected chi connectivity index (χ2v) is 10.4. The van der Waals surface area contributed by atoms with Gasteiger partial charge in [0.15, 0.2) is 0 Å². The Balaban J connectivity index is 1.38. The molecule has 3 heterocycles. The van der Waals surface area contributed by atoms with Gasteiger partial charge in [-0.2, -0.15) is 0 Å². The van der Waals surface area contributed by atoms with E-state index >= 15 is 0 Å². The smallest absolute Gasteiger partial charge is 0.116 e. The Labute approximate surface area is 225 Å². The summed E-state index contributed by atoms with van der Waals surface area (Å²) in [6, 6.07) is 28.4. The van der Waals surface area contributed by atoms with Gasteiger partial charge in [-0.3, -0.25) is 9.88 Å². The molecule has 0 amide bonds. The van der Waals surface area contributed by atoms with E-state index in [4.69, 9.17) is 4.98 Å². The number of benzene rings is 3. The number of imidazole rings is 1. The van der Waals surface area contributed by atoms with Gasteiger partial charge >= 0.3 is 0 Å². The Morgan fingerprint density at radius 2 is 1.68 bits per heavy atom. The number of para-hydroxylation sites is 1. The number of nitrogens with one attached hydrogen (secondary N) is 1. The summed E-state index contributed by atoms with van der Waals surface area (Å²) in [5.74, 6) is 1.04. The number of hydrogen-bond donors (Lipinski definition) is 1. The SMILES string of the molecule is Cc1ccc(C)c(Cn2c(Cc3ccccn3)nc3c(-c4ccc(CN5CCNCC5)cc4)cccc32)c1. The number of aryl methyl sites for hydroxylation is 2. The second-order valence-electron chi connectivity index (χ2n) is 10.4. The minimum Gasteiger partial charge on any atom is -0.323 e. The number of pyridine rings is 1. The molecule has 5 heteroatoms. The van der Waals surface area contributed by atoms with Crippen LogP contribution in [-0.4, -0.2) is 45.6 Å². The molecule has 5 nitrogen and oxygen atoms in total. The highest BCUT2D eigenvalue weighted by Gasteiger charge is 2.17. The van der Waals surface area contributed by atoms with E-state index < -0.39 is 0 Å². The quantitative estimate of drug-likeness (QED) is 0.308. The van der Waals surface area contributed by atoms with E-state index in [0.717, 1.165) is 56.3 Å². The number of rotatable bonds is 7. The molecule has 0 unspecified atom stereocenters. The Bertz CT molecular complexity index is 1530. The third-order valence-electron chi connectivity index (χ3n) is 7.64. The van der Waals surface area contributed by atoms with Gasteiger partial charge in [-0.05, 0) is 54.3 Å². The van der Waals surface area contributed by atoms with Gasteiger partial charge in [0.1, 0.15) is 5.82 Å². The lowest BCUT2D eigenvalue weighted by molar-refractivity contribution is 0.233. The molecule has 38 heavy (non-hydrogen) atoms. The van der Waals surface area contributed by atoms with Crippen LogP contribution in [0.4, 0.5) is 0 Å². The van der Waals surface area contributed by atoms with E-state index in [0.29, 0.717) is 6.42 Å². The second kappa shape index (κ2) is 10.9. The maximum Gasteiger partial charge on any atom is 0.116 e. The molecule has 5 aromatic rings. The van der Waals surface area contributed by atoms with Crippen LogP contribution in [0.3, 0.4) is 0 Å². The molecule has 6 rings (SSSR count). The van der Waals surface area contributed by atoms with Crippen LogP contribution in [-0.2, 0) is 19.5 Å². The fourth-order valence-electron chi connectivity index (χ4n) is 5.46. The van der Waals surface area contributed by atoms with Gasteiger partial charge in [0.05, 0.1) is 11.0 Å². The predicted molar refractivity (Wildman–Crippen MR) is 155 cm³/mol. The first-order valence-electron chi connectivity index (χ1n) is 13.6. The summed E-state index contributed by atoms with van der Waals surface area (Å²) in [7, 11) is 0. The van der Waals surface area contributed by atoms with Crippen LogP contribution < -0.4 is 5.32 Å². The summed E-state index contributed by atoms with van der Waals surface area (Å²) < 4.78 is 2.38. The van der Waals surface area contributed by atoms with Gasteiger partial charge in [-0.1, -0.05) is 66.2 Å². The van der Waals surface area contributed by atoms with Crippen molar-refractivity contribution in [3.8, 4) is 11.1 Å². The molecule has 1 aliphatic heterocycles. The Kier molecular flexibility index (Phi) is 7.04. The molecule has 1 N–H and O–H groups in total. The highest BCUT2D eigenvalue weighted by Crippen LogP contribution is 2.31. The van der Waals surface area contributed by atoms with E-state index in [9.17, 15) is 0 Å². The number of piperazine rings is 1. The summed E-state index contributed by atoms with van der Waals surface area (Å²) in [4.78, 5) is 12.4. The van der Waals surface area contributed by atoms with Gasteiger partial charge < -0.3 is 9.88 Å². The fourth-order valence-corrected chi connectivity index (χ4v) is 5.46. The van der Waals surface area contributed by atoms with E-state index in [1.165, 1.54) is 38.9 Å². The third kappa shape index (κ3) is 5.26. The fraction of sp³-hybridized carbons (Fsp3) is 0.273. The first-order chi connectivity index (χ1) is 18.6. The van der Waals surface area contributed by atoms with Crippen molar-refractivity contribution in [2.24, 2.45) is 0 Å². The monoisotopic (exact) mass is 501 g/mol. The number of aromatic nitrogens is 3. The van der Waals surface area contributed by atoms with Crippen molar-refractivity contribution in [1.82, 2.24) is 24.8 Å². The third-order valence-corrected chi connectivity index (χ3v) is 7.64. The molecular weight excluding hydrogens is 466 g/mol. The molecule has 1 aliphatic rings. The molecule has 1 fully saturated rings. The van der Waals surface area contributed by atoms with E-state index in [1.54, 1.807) is 0 Å². The zero-order chi connectivity index (χ0) is 25.9. The normalized spacial score (nSPS) is 14.3. The van der Waals surface area contributed by atoms with Crippen LogP contribution in [0, 0.1) is 13.8 Å². The Morgan fingerprint density at radius 3 is 2.47 bits per heavy atom. The summed E-state index contributed by atoms with van der Waals surface area (Å²) in [6.45, 7) is 10.5. The van der Waals surface area contributed by atoms with Crippen LogP contribution in [0.2, 0.25) is 0 Å². The largest absolute Gasteiger partial charge is 0.323 e. The van der Waals surface area contributed by atoms with Crippen LogP contribution in [0.1, 0.15) is 33.8 Å². The Hall–Kier alpha value is -3.80. The maximum absolute atomic E-state index is 5.26. The molecule has 0 spiro atoms. The lowest BCUT2D eigenvalue weighted by Gasteiger charge is -2.27. The molecule has 3 aromatic carbocycles. The van der Waals surface area contributed by atoms with Crippen molar-refractivity contribution >= 4 is 11.0 Å². The van der Waals surface area contributed by atoms with Crippen molar-refractivity contribution < 1.29 is 0 Å². The lowest BCUT2D eigenvalue weighted by Crippen LogP contribution is -2.42. The van der Waals surface area contributed by atoms with Crippen molar-refractivity contribution in [2.45, 2.75) is 33.4 Å². The van der Waals surface area contributed by atoms with Crippen molar-refractivity contribution in [2.75, 3.05) is 26.2 Å². The number of nitrogens with zero attached hydrogens (tertiary/aromatic N) is 4. The van der Waals surface area contributed by atoms with Crippen molar-refractivity contribution in [3.63, 3.8) is 0 Å². The minimum atomic E-state index is 0.698. The standard InChI is InChI=1S/C33H35N5/c1-24-9-10-25(2)28(20-24)23-38-31-8-5-7-30(33(31)36-32(38)21-29-6-3-4-15-35-29)27-13-11-26(12-14-27)22-37-18-16-34-17-19-37/h3-15,20,34H,16-19,21-23H2,1-2H3. The molecule has 0 radical (unpaired) electrons. The zero-order valence-electron chi connectivity index (χ0n) is 22.3. The van der Waals surface area contributed by atoms with Crippen LogP contribution in [0.15, 0.2) is 85.1 Å². The van der Waals surface area contributed by atoms with Crippen LogP contribution in [0.5, 0.6) is 0 Å². The Morgan fingerprint density at radius 1 is 0.842 bits per heavy atom. The number of fused-ring (bicyclic) bond motifs is 1. The first kappa shape index (κ1) is 24.5. The van der Waals surface area contributed by atoms with Gasteiger partial charge in [0, 0.05) is 63.1 Å². The molecule has 2 aromatic heterocycles. The topological polar surface area (TPSA) is 46.0 Å². The summed E-state index contributed by atoms with van der Waals surface area (Å²) in [5, 5.41) is 3.44. The highest BCUT2D eigenvalue weighted by molar-refractivity contribution is 5.92. The van der Waals surface area contributed by atoms with Crippen molar-refractivity contribution in [3.05, 3.63) is 119 Å². The maximum atomic E-state index is 5.26.